The lowest BCUT2D eigenvalue weighted by Gasteiger charge is -2.09. The zero-order chi connectivity index (χ0) is 18.4. The van der Waals surface area contributed by atoms with E-state index in [1.54, 1.807) is 31.2 Å². The summed E-state index contributed by atoms with van der Waals surface area (Å²) < 4.78 is 5.34. The van der Waals surface area contributed by atoms with Crippen molar-refractivity contribution in [1.29, 1.82) is 0 Å². The SMILES string of the molecule is CC(=O)Nc1ccc(NC(=O)COc2ccc([N+](=O)[O-])c(C)c2)cc1. The van der Waals surface area contributed by atoms with E-state index in [0.29, 0.717) is 22.7 Å². The number of benzene rings is 2. The number of aryl methyl sites for hydroxylation is 1. The number of carbonyl (C=O) groups excluding carboxylic acids is 2. The molecule has 25 heavy (non-hydrogen) atoms. The molecule has 0 atom stereocenters. The lowest BCUT2D eigenvalue weighted by atomic mass is 10.2. The first-order valence-corrected chi connectivity index (χ1v) is 7.40. The van der Waals surface area contributed by atoms with Crippen LogP contribution < -0.4 is 15.4 Å². The van der Waals surface area contributed by atoms with Crippen molar-refractivity contribution < 1.29 is 19.2 Å². The summed E-state index contributed by atoms with van der Waals surface area (Å²) in [7, 11) is 0. The van der Waals surface area contributed by atoms with Gasteiger partial charge in [-0.2, -0.15) is 0 Å². The molecule has 0 saturated carbocycles. The number of anilines is 2. The Labute approximate surface area is 144 Å². The van der Waals surface area contributed by atoms with Gasteiger partial charge >= 0.3 is 0 Å². The molecule has 0 aliphatic carbocycles. The zero-order valence-corrected chi connectivity index (χ0v) is 13.7. The molecule has 8 nitrogen and oxygen atoms in total. The number of nitro groups is 1. The van der Waals surface area contributed by atoms with Gasteiger partial charge in [-0.1, -0.05) is 0 Å². The predicted octanol–water partition coefficient (Wildman–Crippen LogP) is 2.88. The molecule has 2 N–H and O–H groups in total. The molecule has 2 aromatic rings. The summed E-state index contributed by atoms with van der Waals surface area (Å²) in [5, 5.41) is 16.0. The largest absolute Gasteiger partial charge is 0.484 e. The monoisotopic (exact) mass is 343 g/mol. The van der Waals surface area contributed by atoms with Gasteiger partial charge in [0.2, 0.25) is 5.91 Å². The first kappa shape index (κ1) is 17.9. The molecule has 2 aromatic carbocycles. The van der Waals surface area contributed by atoms with Gasteiger partial charge in [-0.15, -0.1) is 0 Å². The predicted molar refractivity (Wildman–Crippen MR) is 92.7 cm³/mol. The summed E-state index contributed by atoms with van der Waals surface area (Å²) in [5.74, 6) is -0.175. The molecule has 0 heterocycles. The highest BCUT2D eigenvalue weighted by Gasteiger charge is 2.11. The minimum atomic E-state index is -0.476. The van der Waals surface area contributed by atoms with Crippen LogP contribution in [-0.2, 0) is 9.59 Å². The fourth-order valence-corrected chi connectivity index (χ4v) is 2.11. The van der Waals surface area contributed by atoms with E-state index in [4.69, 9.17) is 4.74 Å². The third-order valence-corrected chi connectivity index (χ3v) is 3.22. The fraction of sp³-hybridized carbons (Fsp3) is 0.176. The van der Waals surface area contributed by atoms with E-state index in [1.807, 2.05) is 0 Å². The van der Waals surface area contributed by atoms with Crippen LogP contribution in [0.25, 0.3) is 0 Å². The number of nitrogens with zero attached hydrogens (tertiary/aromatic N) is 1. The molecule has 0 bridgehead atoms. The molecule has 2 amide bonds. The van der Waals surface area contributed by atoms with Crippen LogP contribution in [0.1, 0.15) is 12.5 Å². The molecule has 0 aromatic heterocycles. The van der Waals surface area contributed by atoms with Crippen molar-refractivity contribution in [2.24, 2.45) is 0 Å². The van der Waals surface area contributed by atoms with Crippen LogP contribution in [0.15, 0.2) is 42.5 Å². The van der Waals surface area contributed by atoms with E-state index in [1.165, 1.54) is 25.1 Å². The minimum Gasteiger partial charge on any atom is -0.484 e. The molecular formula is C17H17N3O5. The topological polar surface area (TPSA) is 111 Å². The molecule has 0 fully saturated rings. The van der Waals surface area contributed by atoms with Gasteiger partial charge in [0.05, 0.1) is 4.92 Å². The first-order valence-electron chi connectivity index (χ1n) is 7.40. The van der Waals surface area contributed by atoms with Crippen LogP contribution in [-0.4, -0.2) is 23.3 Å². The van der Waals surface area contributed by atoms with Crippen LogP contribution in [0.4, 0.5) is 17.1 Å². The standard InChI is InChI=1S/C17H17N3O5/c1-11-9-15(7-8-16(11)20(23)24)25-10-17(22)19-14-5-3-13(4-6-14)18-12(2)21/h3-9H,10H2,1-2H3,(H,18,21)(H,19,22). The smallest absolute Gasteiger partial charge is 0.272 e. The van der Waals surface area contributed by atoms with Crippen molar-refractivity contribution in [3.05, 3.63) is 58.1 Å². The molecule has 0 unspecified atom stereocenters. The highest BCUT2D eigenvalue weighted by atomic mass is 16.6. The Bertz CT molecular complexity index is 802. The third-order valence-electron chi connectivity index (χ3n) is 3.22. The third kappa shape index (κ3) is 5.31. The molecule has 0 aliphatic rings. The van der Waals surface area contributed by atoms with Gasteiger partial charge in [-0.25, -0.2) is 0 Å². The number of hydrogen-bond donors (Lipinski definition) is 2. The average Bonchev–Trinajstić information content (AvgIpc) is 2.54. The molecule has 130 valence electrons. The average molecular weight is 343 g/mol. The summed E-state index contributed by atoms with van der Waals surface area (Å²) in [6.07, 6.45) is 0. The lowest BCUT2D eigenvalue weighted by Crippen LogP contribution is -2.20. The highest BCUT2D eigenvalue weighted by molar-refractivity contribution is 5.93. The van der Waals surface area contributed by atoms with E-state index >= 15 is 0 Å². The van der Waals surface area contributed by atoms with Crippen molar-refractivity contribution in [3.63, 3.8) is 0 Å². The van der Waals surface area contributed by atoms with Crippen molar-refractivity contribution in [1.82, 2.24) is 0 Å². The Balaban J connectivity index is 1.89. The molecule has 0 aliphatic heterocycles. The molecule has 0 saturated heterocycles. The summed E-state index contributed by atoms with van der Waals surface area (Å²) in [6.45, 7) is 2.78. The van der Waals surface area contributed by atoms with Crippen molar-refractivity contribution in [3.8, 4) is 5.75 Å². The quantitative estimate of drug-likeness (QED) is 0.619. The second kappa shape index (κ2) is 7.91. The Morgan fingerprint density at radius 1 is 1.08 bits per heavy atom. The van der Waals surface area contributed by atoms with Crippen molar-refractivity contribution >= 4 is 28.9 Å². The number of carbonyl (C=O) groups is 2. The molecule has 2 rings (SSSR count). The van der Waals surface area contributed by atoms with Gasteiger partial charge in [0.1, 0.15) is 5.75 Å². The number of rotatable bonds is 6. The summed E-state index contributed by atoms with van der Waals surface area (Å²) in [5.41, 5.74) is 1.64. The van der Waals surface area contributed by atoms with E-state index in [9.17, 15) is 19.7 Å². The summed E-state index contributed by atoms with van der Waals surface area (Å²) >= 11 is 0. The maximum atomic E-state index is 11.9. The number of nitro benzene ring substituents is 1. The van der Waals surface area contributed by atoms with Gasteiger partial charge in [-0.05, 0) is 43.3 Å². The van der Waals surface area contributed by atoms with E-state index in [0.717, 1.165) is 0 Å². The van der Waals surface area contributed by atoms with Gasteiger partial charge in [0, 0.05) is 29.9 Å². The van der Waals surface area contributed by atoms with Crippen LogP contribution in [0.5, 0.6) is 5.75 Å². The molecule has 8 heteroatoms. The lowest BCUT2D eigenvalue weighted by molar-refractivity contribution is -0.385. The van der Waals surface area contributed by atoms with Gasteiger partial charge in [0.25, 0.3) is 11.6 Å². The van der Waals surface area contributed by atoms with Crippen LogP contribution in [0.2, 0.25) is 0 Å². The second-order valence-electron chi connectivity index (χ2n) is 5.30. The number of amides is 2. The van der Waals surface area contributed by atoms with Gasteiger partial charge in [-0.3, -0.25) is 19.7 Å². The van der Waals surface area contributed by atoms with Crippen LogP contribution in [0.3, 0.4) is 0 Å². The Morgan fingerprint density at radius 3 is 2.20 bits per heavy atom. The first-order chi connectivity index (χ1) is 11.8. The molecule has 0 spiro atoms. The minimum absolute atomic E-state index is 0.00365. The normalized spacial score (nSPS) is 10.0. The summed E-state index contributed by atoms with van der Waals surface area (Å²) in [4.78, 5) is 33.1. The second-order valence-corrected chi connectivity index (χ2v) is 5.30. The van der Waals surface area contributed by atoms with E-state index in [-0.39, 0.29) is 24.1 Å². The Hall–Kier alpha value is -3.42. The van der Waals surface area contributed by atoms with Gasteiger partial charge < -0.3 is 15.4 Å². The Kier molecular flexibility index (Phi) is 5.67. The van der Waals surface area contributed by atoms with Crippen LogP contribution >= 0.6 is 0 Å². The van der Waals surface area contributed by atoms with E-state index in [2.05, 4.69) is 10.6 Å². The molecule has 0 radical (unpaired) electrons. The summed E-state index contributed by atoms with van der Waals surface area (Å²) in [6, 6.07) is 10.9. The number of nitrogens with one attached hydrogen (secondary N) is 2. The maximum Gasteiger partial charge on any atom is 0.272 e. The van der Waals surface area contributed by atoms with Crippen LogP contribution in [0, 0.1) is 17.0 Å². The fourth-order valence-electron chi connectivity index (χ4n) is 2.11. The number of hydrogen-bond acceptors (Lipinski definition) is 5. The van der Waals surface area contributed by atoms with Crippen molar-refractivity contribution in [2.75, 3.05) is 17.2 Å². The van der Waals surface area contributed by atoms with E-state index < -0.39 is 4.92 Å². The van der Waals surface area contributed by atoms with Crippen molar-refractivity contribution in [2.45, 2.75) is 13.8 Å². The maximum absolute atomic E-state index is 11.9. The zero-order valence-electron chi connectivity index (χ0n) is 13.7. The highest BCUT2D eigenvalue weighted by Crippen LogP contribution is 2.23. The molecular weight excluding hydrogens is 326 g/mol. The van der Waals surface area contributed by atoms with Gasteiger partial charge in [0.15, 0.2) is 6.61 Å². The number of ether oxygens (including phenoxy) is 1. The Morgan fingerprint density at radius 2 is 1.68 bits per heavy atom.